The number of ether oxygens (including phenoxy) is 18. The van der Waals surface area contributed by atoms with Gasteiger partial charge in [-0.15, -0.1) is 0 Å². The lowest BCUT2D eigenvalue weighted by molar-refractivity contribution is -0.276. The van der Waals surface area contributed by atoms with E-state index in [9.17, 15) is 89.1 Å². The van der Waals surface area contributed by atoms with Crippen molar-refractivity contribution in [2.75, 3.05) is 211 Å². The second-order valence-electron chi connectivity index (χ2n) is 31.0. The molecule has 46 nitrogen and oxygen atoms in total. The van der Waals surface area contributed by atoms with E-state index in [1.54, 1.807) is 6.92 Å². The Kier molecular flexibility index (Phi) is 60.0. The summed E-state index contributed by atoms with van der Waals surface area (Å²) >= 11 is 0. The van der Waals surface area contributed by atoms with Crippen LogP contribution in [0.1, 0.15) is 132 Å². The molecule has 16 atom stereocenters. The molecule has 0 radical (unpaired) electrons. The van der Waals surface area contributed by atoms with Gasteiger partial charge in [-0.3, -0.25) is 44.1 Å². The molecule has 46 heteroatoms. The third kappa shape index (κ3) is 48.4. The maximum Gasteiger partial charge on any atom is 0.408 e. The zero-order chi connectivity index (χ0) is 92.3. The van der Waals surface area contributed by atoms with Crippen LogP contribution in [-0.2, 0) is 124 Å². The van der Waals surface area contributed by atoms with Crippen molar-refractivity contribution >= 4 is 53.4 Å². The zero-order valence-corrected chi connectivity index (χ0v) is 73.6. The van der Waals surface area contributed by atoms with Crippen molar-refractivity contribution in [2.45, 2.75) is 235 Å². The van der Waals surface area contributed by atoms with E-state index in [0.29, 0.717) is 19.3 Å². The quantitative estimate of drug-likeness (QED) is 0.0199. The largest absolute Gasteiger partial charge is 0.434 e. The SMILES string of the molecule is CC(=O)NC1C(OCCOCCOCCNC(=O)CCOCC(COCCC(=O)NCCOCCOCCOC2OC(CO)C(O)C(O)C2NC(C)=O)(COCCC(=O)NCCOCCOCCOC2OC(CO)C(O)C(O)C2NC(C)=O)NC(=O)CCCCCCCCCCC(=O)NCCOC(C)(OCCNC(=O)OCN)C(C)(C)C)OC(CO)C(O)C1O. The van der Waals surface area contributed by atoms with Gasteiger partial charge in [0.2, 0.25) is 47.3 Å². The number of rotatable bonds is 72. The Morgan fingerprint density at radius 3 is 0.920 bits per heavy atom. The molecule has 0 spiro atoms. The Bertz CT molecular complexity index is 2750. The normalized spacial score (nSPS) is 23.6. The predicted molar refractivity (Wildman–Crippen MR) is 438 cm³/mol. The first kappa shape index (κ1) is 113. The van der Waals surface area contributed by atoms with E-state index < -0.39 is 152 Å². The van der Waals surface area contributed by atoms with Gasteiger partial charge in [-0.05, 0) is 19.8 Å². The molecule has 16 unspecified atom stereocenters. The topological polar surface area (TPSA) is 636 Å². The number of nitrogens with one attached hydrogen (secondary N) is 9. The van der Waals surface area contributed by atoms with Crippen LogP contribution in [-0.4, -0.2) is 414 Å². The first-order chi connectivity index (χ1) is 59.8. The molecule has 0 aromatic carbocycles. The molecule has 3 aliphatic rings. The van der Waals surface area contributed by atoms with Crippen molar-refractivity contribution in [1.29, 1.82) is 0 Å². The average molecular weight is 1810 g/mol. The average Bonchev–Trinajstić information content (AvgIpc) is 0.813. The van der Waals surface area contributed by atoms with Crippen LogP contribution in [0.5, 0.6) is 0 Å². The Hall–Kier alpha value is -6.05. The summed E-state index contributed by atoms with van der Waals surface area (Å²) in [4.78, 5) is 113. The minimum atomic E-state index is -1.47. The van der Waals surface area contributed by atoms with Crippen molar-refractivity contribution in [3.63, 3.8) is 0 Å². The van der Waals surface area contributed by atoms with Crippen molar-refractivity contribution in [3.05, 3.63) is 0 Å². The van der Waals surface area contributed by atoms with Crippen LogP contribution in [0.15, 0.2) is 0 Å². The lowest BCUT2D eigenvalue weighted by atomic mass is 9.86. The van der Waals surface area contributed by atoms with Gasteiger partial charge >= 0.3 is 6.09 Å². The third-order valence-corrected chi connectivity index (χ3v) is 19.7. The molecule has 3 aliphatic heterocycles. The van der Waals surface area contributed by atoms with Crippen LogP contribution in [0.3, 0.4) is 0 Å². The van der Waals surface area contributed by atoms with Gasteiger partial charge in [-0.1, -0.05) is 59.3 Å². The fourth-order valence-electron chi connectivity index (χ4n) is 12.6. The van der Waals surface area contributed by atoms with E-state index in [-0.39, 0.29) is 247 Å². The Balaban J connectivity index is 1.58. The smallest absolute Gasteiger partial charge is 0.408 e. The van der Waals surface area contributed by atoms with E-state index in [2.05, 4.69) is 52.6 Å². The number of hydrogen-bond donors (Lipinski definition) is 19. The number of amides is 9. The van der Waals surface area contributed by atoms with Crippen molar-refractivity contribution in [2.24, 2.45) is 11.1 Å². The summed E-state index contributed by atoms with van der Waals surface area (Å²) in [6, 6.07) is -3.33. The highest BCUT2D eigenvalue weighted by atomic mass is 16.7. The highest BCUT2D eigenvalue weighted by Crippen LogP contribution is 2.35. The van der Waals surface area contributed by atoms with Gasteiger partial charge in [-0.25, -0.2) is 4.79 Å². The Morgan fingerprint density at radius 2 is 0.616 bits per heavy atom. The van der Waals surface area contributed by atoms with E-state index in [1.165, 1.54) is 20.8 Å². The summed E-state index contributed by atoms with van der Waals surface area (Å²) in [5.41, 5.74) is 3.36. The molecule has 9 amide bonds. The number of carbonyl (C=O) groups excluding carboxylic acids is 9. The van der Waals surface area contributed by atoms with Gasteiger partial charge < -0.3 is 179 Å². The molecule has 0 aromatic heterocycles. The molecular weight excluding hydrogens is 1660 g/mol. The predicted octanol–water partition coefficient (Wildman–Crippen LogP) is -6.15. The lowest BCUT2D eigenvalue weighted by Crippen LogP contribution is -2.64. The van der Waals surface area contributed by atoms with Gasteiger partial charge in [0.25, 0.3) is 0 Å². The standard InChI is InChI=1S/C79H146N10O36/c1-53(93)86-64-70(104)67(101)56(46-90)123-73(64)117-43-40-111-37-34-108-29-21-81-60(97)18-26-114-49-79(50-115-27-19-61(98)82-22-30-109-35-38-112-41-44-118-74-65(87-54(2)94)71(105)68(102)57(47-91)124-74,51-116-28-20-62(99)83-23-31-110-36-39-113-42-45-119-75-66(88-55(3)95)72(106)69(103)58(48-92)125-75)89-63(100)17-15-13-11-9-8-10-12-14-16-59(96)84-24-32-121-78(7,77(4,5)6)122-33-25-85-76(107)120-52-80/h56-58,64-75,90-92,101-106H,8-52,80H2,1-7H3,(H,81,97)(H,82,98)(H,83,99)(H,84,96)(H,85,107)(H,86,93)(H,87,94)(H,88,95)(H,89,100). The molecular formula is C79H146N10O36. The number of aliphatic hydroxyl groups is 9. The number of aliphatic hydroxyl groups excluding tert-OH is 9. The second kappa shape index (κ2) is 66.3. The van der Waals surface area contributed by atoms with E-state index in [4.69, 9.17) is 86.3 Å². The molecule has 3 heterocycles. The van der Waals surface area contributed by atoms with E-state index in [1.807, 2.05) is 20.8 Å². The molecule has 3 fully saturated rings. The Morgan fingerprint density at radius 1 is 0.336 bits per heavy atom. The number of alkyl carbamates (subject to hydrolysis) is 1. The highest BCUT2D eigenvalue weighted by molar-refractivity contribution is 5.78. The molecule has 0 saturated carbocycles. The fraction of sp³-hybridized carbons (Fsp3) is 0.886. The number of nitrogens with two attached hydrogens (primary N) is 1. The van der Waals surface area contributed by atoms with E-state index in [0.717, 1.165) is 38.5 Å². The molecule has 3 saturated heterocycles. The van der Waals surface area contributed by atoms with Gasteiger partial charge in [0, 0.05) is 91.0 Å². The minimum absolute atomic E-state index is 0.0411. The third-order valence-electron chi connectivity index (χ3n) is 19.7. The van der Waals surface area contributed by atoms with Crippen LogP contribution in [0.4, 0.5) is 4.79 Å². The molecule has 3 rings (SSSR count). The second-order valence-corrected chi connectivity index (χ2v) is 31.0. The zero-order valence-electron chi connectivity index (χ0n) is 73.6. The van der Waals surface area contributed by atoms with Crippen LogP contribution in [0, 0.1) is 5.41 Å². The molecule has 0 aliphatic carbocycles. The van der Waals surface area contributed by atoms with Gasteiger partial charge in [0.05, 0.1) is 172 Å². The number of unbranched alkanes of at least 4 members (excludes halogenated alkanes) is 7. The minimum Gasteiger partial charge on any atom is -0.434 e. The maximum absolute atomic E-state index is 14.1. The summed E-state index contributed by atoms with van der Waals surface area (Å²) in [5, 5.41) is 115. The van der Waals surface area contributed by atoms with Gasteiger partial charge in [0.15, 0.2) is 24.7 Å². The summed E-state index contributed by atoms with van der Waals surface area (Å²) < 4.78 is 102. The first-order valence-electron chi connectivity index (χ1n) is 42.8. The van der Waals surface area contributed by atoms with Gasteiger partial charge in [0.1, 0.15) is 85.3 Å². The molecule has 728 valence electrons. The van der Waals surface area contributed by atoms with Crippen molar-refractivity contribution in [1.82, 2.24) is 47.9 Å². The monoisotopic (exact) mass is 1810 g/mol. The van der Waals surface area contributed by atoms with Crippen LogP contribution in [0.2, 0.25) is 0 Å². The van der Waals surface area contributed by atoms with E-state index >= 15 is 0 Å². The lowest BCUT2D eigenvalue weighted by Gasteiger charge is -2.42. The van der Waals surface area contributed by atoms with Crippen molar-refractivity contribution < 1.29 is 174 Å². The maximum atomic E-state index is 14.1. The summed E-state index contributed by atoms with van der Waals surface area (Å²) in [6.07, 6.45) is -10.1. The fourth-order valence-corrected chi connectivity index (χ4v) is 12.6. The summed E-state index contributed by atoms with van der Waals surface area (Å²) in [5.74, 6) is -4.16. The van der Waals surface area contributed by atoms with Crippen molar-refractivity contribution in [3.8, 4) is 0 Å². The van der Waals surface area contributed by atoms with Gasteiger partial charge in [-0.2, -0.15) is 0 Å². The molecule has 0 aromatic rings. The Labute approximate surface area is 730 Å². The molecule has 125 heavy (non-hydrogen) atoms. The number of carbonyl (C=O) groups is 9. The molecule has 20 N–H and O–H groups in total. The summed E-state index contributed by atoms with van der Waals surface area (Å²) in [6.45, 7) is 10.5. The highest BCUT2D eigenvalue weighted by Gasteiger charge is 2.49. The first-order valence-corrected chi connectivity index (χ1v) is 42.8. The molecule has 0 bridgehead atoms. The van der Waals surface area contributed by atoms with Crippen LogP contribution >= 0.6 is 0 Å². The van der Waals surface area contributed by atoms with Crippen LogP contribution < -0.4 is 53.6 Å². The van der Waals surface area contributed by atoms with Crippen LogP contribution in [0.25, 0.3) is 0 Å². The number of hydrogen-bond acceptors (Lipinski definition) is 37. The summed E-state index contributed by atoms with van der Waals surface area (Å²) in [7, 11) is 0.